The number of methoxy groups -OCH3 is 1. The molecule has 0 aromatic carbocycles. The number of hydrogen-bond acceptors (Lipinski definition) is 2. The number of nitrogens with one attached hydrogen (secondary N) is 1. The van der Waals surface area contributed by atoms with Gasteiger partial charge in [0.2, 0.25) is 0 Å². The second kappa shape index (κ2) is 9.00. The molecule has 0 bridgehead atoms. The van der Waals surface area contributed by atoms with Crippen LogP contribution in [0, 0.1) is 0 Å². The van der Waals surface area contributed by atoms with Crippen LogP contribution in [0.15, 0.2) is 0 Å². The first-order valence-corrected chi connectivity index (χ1v) is 6.78. The van der Waals surface area contributed by atoms with Crippen LogP contribution in [0.4, 0.5) is 0 Å². The summed E-state index contributed by atoms with van der Waals surface area (Å²) in [5.41, 5.74) is 0.0263. The summed E-state index contributed by atoms with van der Waals surface area (Å²) in [7, 11) is 3.87. The summed E-state index contributed by atoms with van der Waals surface area (Å²) in [5.74, 6) is 0. The highest BCUT2D eigenvalue weighted by Crippen LogP contribution is 2.18. The molecule has 1 unspecified atom stereocenters. The Kier molecular flexibility index (Phi) is 8.96. The molecule has 0 fully saturated rings. The Bertz CT molecular complexity index is 157. The van der Waals surface area contributed by atoms with Crippen molar-refractivity contribution in [2.75, 3.05) is 14.2 Å². The summed E-state index contributed by atoms with van der Waals surface area (Å²) >= 11 is 0. The SMILES string of the molecule is CCCCCCC(CCC(C)(C)OC)NC. The van der Waals surface area contributed by atoms with Gasteiger partial charge in [0, 0.05) is 13.2 Å². The maximum Gasteiger partial charge on any atom is 0.0623 e. The normalized spacial score (nSPS) is 14.1. The smallest absolute Gasteiger partial charge is 0.0623 e. The molecule has 0 aromatic heterocycles. The summed E-state index contributed by atoms with van der Waals surface area (Å²) < 4.78 is 5.45. The van der Waals surface area contributed by atoms with Gasteiger partial charge in [-0.05, 0) is 40.2 Å². The van der Waals surface area contributed by atoms with E-state index in [2.05, 4.69) is 33.1 Å². The van der Waals surface area contributed by atoms with Crippen molar-refractivity contribution in [1.82, 2.24) is 5.32 Å². The number of hydrogen-bond donors (Lipinski definition) is 1. The molecule has 0 radical (unpaired) electrons. The summed E-state index contributed by atoms with van der Waals surface area (Å²) in [6, 6.07) is 0.659. The fourth-order valence-corrected chi connectivity index (χ4v) is 1.87. The molecular formula is C14H31NO. The zero-order chi connectivity index (χ0) is 12.4. The molecule has 0 spiro atoms. The maximum atomic E-state index is 5.45. The zero-order valence-corrected chi connectivity index (χ0v) is 11.9. The lowest BCUT2D eigenvalue weighted by molar-refractivity contribution is 0.0116. The molecule has 1 atom stereocenters. The molecule has 0 saturated carbocycles. The van der Waals surface area contributed by atoms with E-state index in [0.29, 0.717) is 6.04 Å². The van der Waals surface area contributed by atoms with Crippen molar-refractivity contribution < 1.29 is 4.74 Å². The molecule has 98 valence electrons. The molecule has 0 saturated heterocycles. The predicted molar refractivity (Wildman–Crippen MR) is 71.9 cm³/mol. The van der Waals surface area contributed by atoms with E-state index in [1.807, 2.05) is 0 Å². The number of ether oxygens (including phenoxy) is 1. The van der Waals surface area contributed by atoms with E-state index in [9.17, 15) is 0 Å². The van der Waals surface area contributed by atoms with Gasteiger partial charge in [0.05, 0.1) is 5.60 Å². The van der Waals surface area contributed by atoms with Crippen molar-refractivity contribution >= 4 is 0 Å². The second-order valence-electron chi connectivity index (χ2n) is 5.34. The molecule has 0 aliphatic rings. The first kappa shape index (κ1) is 15.9. The van der Waals surface area contributed by atoms with Crippen LogP contribution in [0.5, 0.6) is 0 Å². The molecular weight excluding hydrogens is 198 g/mol. The number of rotatable bonds is 10. The Labute approximate surface area is 102 Å². The predicted octanol–water partition coefficient (Wildman–Crippen LogP) is 3.75. The number of unbranched alkanes of at least 4 members (excludes halogenated alkanes) is 3. The maximum absolute atomic E-state index is 5.45. The molecule has 1 N–H and O–H groups in total. The van der Waals surface area contributed by atoms with E-state index in [1.54, 1.807) is 7.11 Å². The fraction of sp³-hybridized carbons (Fsp3) is 1.00. The Hall–Kier alpha value is -0.0800. The van der Waals surface area contributed by atoms with Crippen LogP contribution in [-0.2, 0) is 4.74 Å². The van der Waals surface area contributed by atoms with Crippen molar-refractivity contribution in [2.45, 2.75) is 77.4 Å². The Balaban J connectivity index is 3.66. The molecule has 0 heterocycles. The molecule has 0 aromatic rings. The minimum atomic E-state index is 0.0263. The third kappa shape index (κ3) is 8.12. The lowest BCUT2D eigenvalue weighted by Crippen LogP contribution is -2.30. The van der Waals surface area contributed by atoms with Gasteiger partial charge in [0.25, 0.3) is 0 Å². The van der Waals surface area contributed by atoms with Crippen LogP contribution in [-0.4, -0.2) is 25.8 Å². The quantitative estimate of drug-likeness (QED) is 0.576. The summed E-state index contributed by atoms with van der Waals surface area (Å²) in [4.78, 5) is 0. The van der Waals surface area contributed by atoms with E-state index in [1.165, 1.54) is 38.5 Å². The van der Waals surface area contributed by atoms with E-state index in [4.69, 9.17) is 4.74 Å². The van der Waals surface area contributed by atoms with Crippen LogP contribution in [0.1, 0.15) is 65.7 Å². The van der Waals surface area contributed by atoms with Crippen LogP contribution in [0.3, 0.4) is 0 Å². The molecule has 0 aliphatic heterocycles. The fourth-order valence-electron chi connectivity index (χ4n) is 1.87. The Morgan fingerprint density at radius 3 is 2.31 bits per heavy atom. The molecule has 2 heteroatoms. The van der Waals surface area contributed by atoms with Gasteiger partial charge >= 0.3 is 0 Å². The van der Waals surface area contributed by atoms with Gasteiger partial charge in [0.1, 0.15) is 0 Å². The van der Waals surface area contributed by atoms with Gasteiger partial charge in [-0.25, -0.2) is 0 Å². The molecule has 2 nitrogen and oxygen atoms in total. The summed E-state index contributed by atoms with van der Waals surface area (Å²) in [6.07, 6.45) is 9.07. The van der Waals surface area contributed by atoms with E-state index in [0.717, 1.165) is 6.42 Å². The first-order valence-electron chi connectivity index (χ1n) is 6.78. The van der Waals surface area contributed by atoms with Gasteiger partial charge in [-0.2, -0.15) is 0 Å². The Morgan fingerprint density at radius 1 is 1.12 bits per heavy atom. The van der Waals surface area contributed by atoms with Crippen LogP contribution in [0.25, 0.3) is 0 Å². The average Bonchev–Trinajstić information content (AvgIpc) is 2.28. The van der Waals surface area contributed by atoms with Gasteiger partial charge in [-0.15, -0.1) is 0 Å². The van der Waals surface area contributed by atoms with Gasteiger partial charge < -0.3 is 10.1 Å². The molecule has 16 heavy (non-hydrogen) atoms. The van der Waals surface area contributed by atoms with Crippen molar-refractivity contribution in [2.24, 2.45) is 0 Å². The minimum Gasteiger partial charge on any atom is -0.379 e. The minimum absolute atomic E-state index is 0.0263. The van der Waals surface area contributed by atoms with Gasteiger partial charge in [-0.1, -0.05) is 32.6 Å². The van der Waals surface area contributed by atoms with E-state index < -0.39 is 0 Å². The molecule has 0 aliphatic carbocycles. The monoisotopic (exact) mass is 229 g/mol. The molecule has 0 amide bonds. The van der Waals surface area contributed by atoms with Gasteiger partial charge in [-0.3, -0.25) is 0 Å². The summed E-state index contributed by atoms with van der Waals surface area (Å²) in [5, 5.41) is 3.42. The third-order valence-electron chi connectivity index (χ3n) is 3.46. The summed E-state index contributed by atoms with van der Waals surface area (Å²) in [6.45, 7) is 6.59. The van der Waals surface area contributed by atoms with Crippen molar-refractivity contribution in [3.63, 3.8) is 0 Å². The average molecular weight is 229 g/mol. The van der Waals surface area contributed by atoms with Crippen molar-refractivity contribution in [1.29, 1.82) is 0 Å². The van der Waals surface area contributed by atoms with Crippen LogP contribution in [0.2, 0.25) is 0 Å². The standard InChI is InChI=1S/C14H31NO/c1-6-7-8-9-10-13(15-4)11-12-14(2,3)16-5/h13,15H,6-12H2,1-5H3. The second-order valence-corrected chi connectivity index (χ2v) is 5.34. The molecule has 0 rings (SSSR count). The van der Waals surface area contributed by atoms with Crippen LogP contribution < -0.4 is 5.32 Å². The highest BCUT2D eigenvalue weighted by molar-refractivity contribution is 4.73. The zero-order valence-electron chi connectivity index (χ0n) is 11.9. The third-order valence-corrected chi connectivity index (χ3v) is 3.46. The van der Waals surface area contributed by atoms with E-state index >= 15 is 0 Å². The topological polar surface area (TPSA) is 21.3 Å². The van der Waals surface area contributed by atoms with E-state index in [-0.39, 0.29) is 5.60 Å². The Morgan fingerprint density at radius 2 is 1.81 bits per heavy atom. The lowest BCUT2D eigenvalue weighted by atomic mass is 9.96. The van der Waals surface area contributed by atoms with Crippen LogP contribution >= 0.6 is 0 Å². The lowest BCUT2D eigenvalue weighted by Gasteiger charge is -2.25. The van der Waals surface area contributed by atoms with Crippen molar-refractivity contribution in [3.05, 3.63) is 0 Å². The first-order chi connectivity index (χ1) is 7.55. The largest absolute Gasteiger partial charge is 0.379 e. The van der Waals surface area contributed by atoms with Crippen molar-refractivity contribution in [3.8, 4) is 0 Å². The highest BCUT2D eigenvalue weighted by atomic mass is 16.5. The van der Waals surface area contributed by atoms with Gasteiger partial charge in [0.15, 0.2) is 0 Å². The highest BCUT2D eigenvalue weighted by Gasteiger charge is 2.18.